The molecular formula is C22H27NO5. The van der Waals surface area contributed by atoms with Crippen molar-refractivity contribution in [1.29, 1.82) is 0 Å². The van der Waals surface area contributed by atoms with Crippen molar-refractivity contribution in [2.45, 2.75) is 32.7 Å². The Morgan fingerprint density at radius 1 is 1.00 bits per heavy atom. The highest BCUT2D eigenvalue weighted by atomic mass is 16.5. The minimum Gasteiger partial charge on any atom is -0.497 e. The Morgan fingerprint density at radius 3 is 2.29 bits per heavy atom. The number of methoxy groups -OCH3 is 2. The van der Waals surface area contributed by atoms with Crippen LogP contribution in [0.5, 0.6) is 17.2 Å². The molecule has 0 aliphatic rings. The molecule has 0 saturated heterocycles. The van der Waals surface area contributed by atoms with E-state index in [2.05, 4.69) is 5.32 Å². The van der Waals surface area contributed by atoms with Crippen LogP contribution in [0.4, 0.5) is 0 Å². The van der Waals surface area contributed by atoms with Crippen molar-refractivity contribution in [1.82, 2.24) is 5.32 Å². The van der Waals surface area contributed by atoms with E-state index in [1.165, 1.54) is 6.92 Å². The number of amides is 1. The van der Waals surface area contributed by atoms with Gasteiger partial charge in [0.1, 0.15) is 17.2 Å². The van der Waals surface area contributed by atoms with Crippen LogP contribution in [0, 0.1) is 0 Å². The van der Waals surface area contributed by atoms with Crippen LogP contribution >= 0.6 is 0 Å². The molecule has 1 unspecified atom stereocenters. The second-order valence-electron chi connectivity index (χ2n) is 6.43. The molecule has 0 saturated carbocycles. The molecule has 150 valence electrons. The number of hydrogen-bond acceptors (Lipinski definition) is 5. The van der Waals surface area contributed by atoms with E-state index in [4.69, 9.17) is 14.2 Å². The molecule has 2 aromatic rings. The summed E-state index contributed by atoms with van der Waals surface area (Å²) in [7, 11) is 3.20. The Balaban J connectivity index is 1.80. The summed E-state index contributed by atoms with van der Waals surface area (Å²) in [6, 6.07) is 12.3. The zero-order chi connectivity index (χ0) is 20.5. The van der Waals surface area contributed by atoms with Crippen LogP contribution in [0.15, 0.2) is 42.5 Å². The fourth-order valence-corrected chi connectivity index (χ4v) is 2.78. The van der Waals surface area contributed by atoms with Gasteiger partial charge in [-0.25, -0.2) is 0 Å². The SMILES string of the molecule is COc1ccc(OC)c(C(C)NC(=O)CCCOc2ccc(C(C)=O)cc2)c1. The van der Waals surface area contributed by atoms with Crippen molar-refractivity contribution in [3.63, 3.8) is 0 Å². The smallest absolute Gasteiger partial charge is 0.220 e. The first-order chi connectivity index (χ1) is 13.4. The predicted octanol–water partition coefficient (Wildman–Crippen LogP) is 3.94. The summed E-state index contributed by atoms with van der Waals surface area (Å²) < 4.78 is 16.2. The van der Waals surface area contributed by atoms with Crippen molar-refractivity contribution in [2.24, 2.45) is 0 Å². The van der Waals surface area contributed by atoms with Gasteiger partial charge in [0, 0.05) is 17.5 Å². The van der Waals surface area contributed by atoms with Gasteiger partial charge in [0.05, 0.1) is 26.9 Å². The first-order valence-electron chi connectivity index (χ1n) is 9.19. The molecule has 0 bridgehead atoms. The lowest BCUT2D eigenvalue weighted by atomic mass is 10.1. The van der Waals surface area contributed by atoms with Gasteiger partial charge < -0.3 is 19.5 Å². The third-order valence-electron chi connectivity index (χ3n) is 4.36. The van der Waals surface area contributed by atoms with Gasteiger partial charge in [0.25, 0.3) is 0 Å². The molecule has 2 aromatic carbocycles. The highest BCUT2D eigenvalue weighted by molar-refractivity contribution is 5.94. The van der Waals surface area contributed by atoms with Crippen LogP contribution in [-0.4, -0.2) is 32.5 Å². The standard InChI is InChI=1S/C22H27NO5/c1-15(20-14-19(26-3)11-12-21(20)27-4)23-22(25)6-5-13-28-18-9-7-17(8-10-18)16(2)24/h7-12,14-15H,5-6,13H2,1-4H3,(H,23,25). The Hall–Kier alpha value is -3.02. The second-order valence-corrected chi connectivity index (χ2v) is 6.43. The minimum atomic E-state index is -0.211. The highest BCUT2D eigenvalue weighted by Crippen LogP contribution is 2.29. The summed E-state index contributed by atoms with van der Waals surface area (Å²) >= 11 is 0. The van der Waals surface area contributed by atoms with Gasteiger partial charge in [-0.15, -0.1) is 0 Å². The van der Waals surface area contributed by atoms with Gasteiger partial charge in [-0.05, 0) is 62.7 Å². The van der Waals surface area contributed by atoms with E-state index < -0.39 is 0 Å². The Labute approximate surface area is 165 Å². The van der Waals surface area contributed by atoms with Crippen LogP contribution in [0.2, 0.25) is 0 Å². The number of ether oxygens (including phenoxy) is 3. The highest BCUT2D eigenvalue weighted by Gasteiger charge is 2.15. The molecule has 0 fully saturated rings. The fourth-order valence-electron chi connectivity index (χ4n) is 2.78. The third kappa shape index (κ3) is 6.01. The number of benzene rings is 2. The molecule has 28 heavy (non-hydrogen) atoms. The van der Waals surface area contributed by atoms with E-state index in [1.54, 1.807) is 38.5 Å². The summed E-state index contributed by atoms with van der Waals surface area (Å²) in [5.41, 5.74) is 1.51. The van der Waals surface area contributed by atoms with E-state index in [0.717, 1.165) is 5.56 Å². The van der Waals surface area contributed by atoms with Gasteiger partial charge in [-0.3, -0.25) is 9.59 Å². The molecule has 2 rings (SSSR count). The summed E-state index contributed by atoms with van der Waals surface area (Å²) in [5, 5.41) is 2.97. The molecule has 0 radical (unpaired) electrons. The number of nitrogens with one attached hydrogen (secondary N) is 1. The number of hydrogen-bond donors (Lipinski definition) is 1. The quantitative estimate of drug-likeness (QED) is 0.495. The van der Waals surface area contributed by atoms with Crippen molar-refractivity contribution in [3.05, 3.63) is 53.6 Å². The lowest BCUT2D eigenvalue weighted by Crippen LogP contribution is -2.27. The van der Waals surface area contributed by atoms with E-state index in [0.29, 0.717) is 42.3 Å². The summed E-state index contributed by atoms with van der Waals surface area (Å²) in [6.45, 7) is 3.85. The molecule has 0 aliphatic heterocycles. The minimum absolute atomic E-state index is 0.0185. The molecule has 6 nitrogen and oxygen atoms in total. The van der Waals surface area contributed by atoms with Crippen LogP contribution in [-0.2, 0) is 4.79 Å². The second kappa shape index (κ2) is 10.3. The summed E-state index contributed by atoms with van der Waals surface area (Å²) in [4.78, 5) is 23.5. The molecule has 1 atom stereocenters. The van der Waals surface area contributed by atoms with E-state index in [-0.39, 0.29) is 17.7 Å². The summed E-state index contributed by atoms with van der Waals surface area (Å²) in [6.07, 6.45) is 0.935. The topological polar surface area (TPSA) is 73.9 Å². The zero-order valence-electron chi connectivity index (χ0n) is 16.8. The molecule has 0 spiro atoms. The summed E-state index contributed by atoms with van der Waals surface area (Å²) in [5.74, 6) is 2.05. The first kappa shape index (κ1) is 21.3. The van der Waals surface area contributed by atoms with Gasteiger partial charge >= 0.3 is 0 Å². The molecule has 1 N–H and O–H groups in total. The molecule has 0 aromatic heterocycles. The molecular weight excluding hydrogens is 358 g/mol. The zero-order valence-corrected chi connectivity index (χ0v) is 16.8. The first-order valence-corrected chi connectivity index (χ1v) is 9.19. The molecule has 6 heteroatoms. The van der Waals surface area contributed by atoms with Crippen molar-refractivity contribution in [3.8, 4) is 17.2 Å². The monoisotopic (exact) mass is 385 g/mol. The average molecular weight is 385 g/mol. The van der Waals surface area contributed by atoms with Gasteiger partial charge in [-0.2, -0.15) is 0 Å². The maximum absolute atomic E-state index is 12.2. The number of carbonyl (C=O) groups is 2. The third-order valence-corrected chi connectivity index (χ3v) is 4.36. The van der Waals surface area contributed by atoms with E-state index in [9.17, 15) is 9.59 Å². The molecule has 0 aliphatic carbocycles. The van der Waals surface area contributed by atoms with Crippen molar-refractivity contribution < 1.29 is 23.8 Å². The number of carbonyl (C=O) groups excluding carboxylic acids is 2. The largest absolute Gasteiger partial charge is 0.497 e. The van der Waals surface area contributed by atoms with Gasteiger partial charge in [0.15, 0.2) is 5.78 Å². The van der Waals surface area contributed by atoms with Crippen molar-refractivity contribution >= 4 is 11.7 Å². The fraction of sp³-hybridized carbons (Fsp3) is 0.364. The van der Waals surface area contributed by atoms with Crippen LogP contribution < -0.4 is 19.5 Å². The van der Waals surface area contributed by atoms with E-state index >= 15 is 0 Å². The number of ketones is 1. The van der Waals surface area contributed by atoms with Gasteiger partial charge in [-0.1, -0.05) is 0 Å². The van der Waals surface area contributed by atoms with E-state index in [1.807, 2.05) is 25.1 Å². The van der Waals surface area contributed by atoms with Crippen LogP contribution in [0.3, 0.4) is 0 Å². The number of Topliss-reactive ketones (excluding diaryl/α,β-unsaturated/α-hetero) is 1. The number of rotatable bonds is 10. The maximum Gasteiger partial charge on any atom is 0.220 e. The molecule has 1 amide bonds. The van der Waals surface area contributed by atoms with Crippen LogP contribution in [0.1, 0.15) is 48.7 Å². The Kier molecular flexibility index (Phi) is 7.87. The lowest BCUT2D eigenvalue weighted by molar-refractivity contribution is -0.121. The predicted molar refractivity (Wildman–Crippen MR) is 107 cm³/mol. The van der Waals surface area contributed by atoms with Crippen LogP contribution in [0.25, 0.3) is 0 Å². The molecule has 0 heterocycles. The Bertz CT molecular complexity index is 801. The van der Waals surface area contributed by atoms with Gasteiger partial charge in [0.2, 0.25) is 5.91 Å². The average Bonchev–Trinajstić information content (AvgIpc) is 2.70. The normalized spacial score (nSPS) is 11.4. The lowest BCUT2D eigenvalue weighted by Gasteiger charge is -2.18. The Morgan fingerprint density at radius 2 is 1.68 bits per heavy atom. The maximum atomic E-state index is 12.2. The van der Waals surface area contributed by atoms with Crippen molar-refractivity contribution in [2.75, 3.05) is 20.8 Å².